The lowest BCUT2D eigenvalue weighted by Gasteiger charge is -1.90. The molecule has 0 fully saturated rings. The molecule has 0 spiro atoms. The first-order valence-corrected chi connectivity index (χ1v) is 3.14. The van der Waals surface area contributed by atoms with Gasteiger partial charge in [0, 0.05) is 6.42 Å². The van der Waals surface area contributed by atoms with Crippen molar-refractivity contribution in [1.82, 2.24) is 0 Å². The molecule has 0 heterocycles. The second-order valence-corrected chi connectivity index (χ2v) is 1.87. The molecule has 0 heteroatoms. The van der Waals surface area contributed by atoms with E-state index in [1.165, 1.54) is 19.3 Å². The summed E-state index contributed by atoms with van der Waals surface area (Å²) in [4.78, 5) is 0. The minimum atomic E-state index is 0.931. The summed E-state index contributed by atoms with van der Waals surface area (Å²) in [5.74, 6) is 2.61. The molecule has 1 radical (unpaired) electrons. The van der Waals surface area contributed by atoms with E-state index in [4.69, 9.17) is 6.42 Å². The smallest absolute Gasteiger partial charge is 0.00860 e. The van der Waals surface area contributed by atoms with E-state index in [1.54, 1.807) is 0 Å². The number of unbranched alkanes of at least 4 members (excludes halogenated alkanes) is 4. The standard InChI is InChI=1S/C8H13/c1-3-5-7-8-6-4-2/h1H,2,4-8H2. The average Bonchev–Trinajstić information content (AvgIpc) is 1.81. The monoisotopic (exact) mass is 109 g/mol. The van der Waals surface area contributed by atoms with Gasteiger partial charge in [-0.05, 0) is 6.42 Å². The van der Waals surface area contributed by atoms with Gasteiger partial charge >= 0.3 is 0 Å². The molecular formula is C8H13. The van der Waals surface area contributed by atoms with Crippen molar-refractivity contribution in [2.24, 2.45) is 0 Å². The van der Waals surface area contributed by atoms with Gasteiger partial charge in [0.2, 0.25) is 0 Å². The van der Waals surface area contributed by atoms with E-state index in [-0.39, 0.29) is 0 Å². The van der Waals surface area contributed by atoms with Crippen LogP contribution in [0.1, 0.15) is 32.1 Å². The fourth-order valence-electron chi connectivity index (χ4n) is 0.581. The van der Waals surface area contributed by atoms with E-state index >= 15 is 0 Å². The van der Waals surface area contributed by atoms with Gasteiger partial charge in [0.15, 0.2) is 0 Å². The zero-order valence-corrected chi connectivity index (χ0v) is 5.32. The van der Waals surface area contributed by atoms with E-state index in [1.807, 2.05) is 0 Å². The van der Waals surface area contributed by atoms with Crippen LogP contribution in [0, 0.1) is 19.3 Å². The maximum atomic E-state index is 5.05. The lowest BCUT2D eigenvalue weighted by Crippen LogP contribution is -1.72. The Morgan fingerprint density at radius 3 is 2.50 bits per heavy atom. The molecule has 0 saturated heterocycles. The van der Waals surface area contributed by atoms with Crippen molar-refractivity contribution < 1.29 is 0 Å². The summed E-state index contributed by atoms with van der Waals surface area (Å²) in [6.07, 6.45) is 10.7. The van der Waals surface area contributed by atoms with Crippen LogP contribution in [-0.2, 0) is 0 Å². The van der Waals surface area contributed by atoms with Gasteiger partial charge in [-0.15, -0.1) is 12.3 Å². The van der Waals surface area contributed by atoms with Crippen LogP contribution in [0.25, 0.3) is 0 Å². The minimum Gasteiger partial charge on any atom is -0.120 e. The number of rotatable bonds is 4. The van der Waals surface area contributed by atoms with E-state index in [0.29, 0.717) is 0 Å². The van der Waals surface area contributed by atoms with Crippen molar-refractivity contribution in [1.29, 1.82) is 0 Å². The van der Waals surface area contributed by atoms with Gasteiger partial charge in [-0.1, -0.05) is 26.2 Å². The predicted octanol–water partition coefficient (Wildman–Crippen LogP) is 2.40. The highest BCUT2D eigenvalue weighted by Crippen LogP contribution is 1.99. The topological polar surface area (TPSA) is 0 Å². The third-order valence-electron chi connectivity index (χ3n) is 1.07. The van der Waals surface area contributed by atoms with Crippen LogP contribution in [0.2, 0.25) is 0 Å². The van der Waals surface area contributed by atoms with Crippen LogP contribution in [0.3, 0.4) is 0 Å². The molecular weight excluding hydrogens is 96.1 g/mol. The molecule has 0 aliphatic heterocycles. The van der Waals surface area contributed by atoms with Gasteiger partial charge in [-0.3, -0.25) is 0 Å². The van der Waals surface area contributed by atoms with Crippen molar-refractivity contribution in [3.05, 3.63) is 6.92 Å². The first-order chi connectivity index (χ1) is 3.91. The third-order valence-corrected chi connectivity index (χ3v) is 1.07. The van der Waals surface area contributed by atoms with Crippen LogP contribution < -0.4 is 0 Å². The molecule has 0 bridgehead atoms. The molecule has 8 heavy (non-hydrogen) atoms. The molecule has 0 N–H and O–H groups in total. The Labute approximate surface area is 52.3 Å². The Morgan fingerprint density at radius 1 is 1.25 bits per heavy atom. The largest absolute Gasteiger partial charge is 0.120 e. The molecule has 0 aromatic heterocycles. The summed E-state index contributed by atoms with van der Waals surface area (Å²) in [5.41, 5.74) is 0. The van der Waals surface area contributed by atoms with E-state index < -0.39 is 0 Å². The van der Waals surface area contributed by atoms with Crippen molar-refractivity contribution in [3.63, 3.8) is 0 Å². The van der Waals surface area contributed by atoms with Crippen LogP contribution >= 0.6 is 0 Å². The summed E-state index contributed by atoms with van der Waals surface area (Å²) in [5, 5.41) is 0. The fourth-order valence-corrected chi connectivity index (χ4v) is 0.581. The Bertz CT molecular complexity index is 66.6. The van der Waals surface area contributed by atoms with Gasteiger partial charge in [-0.2, -0.15) is 0 Å². The van der Waals surface area contributed by atoms with Crippen LogP contribution in [0.15, 0.2) is 0 Å². The highest BCUT2D eigenvalue weighted by atomic mass is 13.9. The summed E-state index contributed by atoms with van der Waals surface area (Å²) < 4.78 is 0. The molecule has 0 nitrogen and oxygen atoms in total. The molecule has 0 aliphatic rings. The quantitative estimate of drug-likeness (QED) is 0.384. The average molecular weight is 109 g/mol. The third kappa shape index (κ3) is 5.56. The van der Waals surface area contributed by atoms with E-state index in [9.17, 15) is 0 Å². The highest BCUT2D eigenvalue weighted by Gasteiger charge is 1.81. The Hall–Kier alpha value is -0.440. The van der Waals surface area contributed by atoms with Crippen molar-refractivity contribution in [3.8, 4) is 12.3 Å². The van der Waals surface area contributed by atoms with Gasteiger partial charge in [0.25, 0.3) is 0 Å². The van der Waals surface area contributed by atoms with Crippen LogP contribution in [0.5, 0.6) is 0 Å². The highest BCUT2D eigenvalue weighted by molar-refractivity contribution is 4.82. The summed E-state index contributed by atoms with van der Waals surface area (Å²) in [6.45, 7) is 3.73. The van der Waals surface area contributed by atoms with Crippen molar-refractivity contribution >= 4 is 0 Å². The van der Waals surface area contributed by atoms with Crippen LogP contribution in [-0.4, -0.2) is 0 Å². The number of hydrogen-bond donors (Lipinski definition) is 0. The molecule has 0 atom stereocenters. The molecule has 0 amide bonds. The second-order valence-electron chi connectivity index (χ2n) is 1.87. The van der Waals surface area contributed by atoms with Crippen molar-refractivity contribution in [2.75, 3.05) is 0 Å². The minimum absolute atomic E-state index is 0.931. The van der Waals surface area contributed by atoms with Gasteiger partial charge in [0.1, 0.15) is 0 Å². The van der Waals surface area contributed by atoms with Gasteiger partial charge in [-0.25, -0.2) is 0 Å². The SMILES string of the molecule is C#CCCCCC[CH2]. The van der Waals surface area contributed by atoms with Crippen molar-refractivity contribution in [2.45, 2.75) is 32.1 Å². The maximum Gasteiger partial charge on any atom is 0.00860 e. The molecule has 0 aliphatic carbocycles. The second kappa shape index (κ2) is 6.56. The normalized spacial score (nSPS) is 8.50. The first kappa shape index (κ1) is 7.56. The Morgan fingerprint density at radius 2 is 2.00 bits per heavy atom. The summed E-state index contributed by atoms with van der Waals surface area (Å²) >= 11 is 0. The first-order valence-electron chi connectivity index (χ1n) is 3.14. The zero-order valence-electron chi connectivity index (χ0n) is 5.32. The molecule has 0 unspecified atom stereocenters. The van der Waals surface area contributed by atoms with E-state index in [0.717, 1.165) is 12.8 Å². The fraction of sp³-hybridized carbons (Fsp3) is 0.625. The molecule has 0 aromatic carbocycles. The lowest BCUT2D eigenvalue weighted by molar-refractivity contribution is 0.701. The lowest BCUT2D eigenvalue weighted by atomic mass is 10.2. The van der Waals surface area contributed by atoms with Crippen LogP contribution in [0.4, 0.5) is 0 Å². The summed E-state index contributed by atoms with van der Waals surface area (Å²) in [6, 6.07) is 0. The molecule has 0 rings (SSSR count). The summed E-state index contributed by atoms with van der Waals surface area (Å²) in [7, 11) is 0. The van der Waals surface area contributed by atoms with Gasteiger partial charge < -0.3 is 0 Å². The number of hydrogen-bond acceptors (Lipinski definition) is 0. The molecule has 0 saturated carbocycles. The molecule has 0 aromatic rings. The Balaban J connectivity index is 2.65. The van der Waals surface area contributed by atoms with Gasteiger partial charge in [0.05, 0.1) is 0 Å². The maximum absolute atomic E-state index is 5.05. The van der Waals surface area contributed by atoms with E-state index in [2.05, 4.69) is 12.8 Å². The number of terminal acetylenes is 1. The predicted molar refractivity (Wildman–Crippen MR) is 37.3 cm³/mol. The zero-order chi connectivity index (χ0) is 6.24. The molecule has 45 valence electrons. The Kier molecular flexibility index (Phi) is 6.20.